The number of hydrogen-bond donors (Lipinski definition) is 1. The van der Waals surface area contributed by atoms with Gasteiger partial charge in [0.1, 0.15) is 9.88 Å². The van der Waals surface area contributed by atoms with Crippen molar-refractivity contribution in [1.29, 1.82) is 0 Å². The van der Waals surface area contributed by atoms with Crippen LogP contribution in [0.15, 0.2) is 0 Å². The molecule has 1 fully saturated rings. The smallest absolute Gasteiger partial charge is 0.347 e. The fraction of sp³-hybridized carbons (Fsp3) is 0.733. The molecule has 0 saturated carbocycles. The number of thiazole rings is 1. The number of rotatable bonds is 6. The first kappa shape index (κ1) is 16.4. The van der Waals surface area contributed by atoms with Gasteiger partial charge in [-0.25, -0.2) is 9.78 Å². The standard InChI is InChI=1S/C15H24N2O3S/c1-4-5-6-12-14(15(18)19)21-13(16-12)9-17-7-10(2)20-11(3)8-17/h10-11H,4-9H2,1-3H3,(H,18,19). The lowest BCUT2D eigenvalue weighted by Crippen LogP contribution is -2.44. The van der Waals surface area contributed by atoms with Crippen LogP contribution in [0.2, 0.25) is 0 Å². The maximum absolute atomic E-state index is 11.3. The number of aromatic nitrogens is 1. The molecule has 2 atom stereocenters. The van der Waals surface area contributed by atoms with Crippen molar-refractivity contribution in [2.75, 3.05) is 13.1 Å². The third kappa shape index (κ3) is 4.49. The van der Waals surface area contributed by atoms with E-state index in [0.29, 0.717) is 4.88 Å². The number of carboxylic acid groups (broad SMARTS) is 1. The van der Waals surface area contributed by atoms with Crippen molar-refractivity contribution in [3.8, 4) is 0 Å². The molecule has 1 aliphatic heterocycles. The van der Waals surface area contributed by atoms with Crippen LogP contribution in [-0.4, -0.2) is 46.3 Å². The molecule has 0 bridgehead atoms. The first-order chi connectivity index (χ1) is 9.99. The van der Waals surface area contributed by atoms with Crippen molar-refractivity contribution in [3.05, 3.63) is 15.6 Å². The van der Waals surface area contributed by atoms with Crippen LogP contribution >= 0.6 is 11.3 Å². The van der Waals surface area contributed by atoms with E-state index in [4.69, 9.17) is 4.74 Å². The van der Waals surface area contributed by atoms with Crippen molar-refractivity contribution < 1.29 is 14.6 Å². The van der Waals surface area contributed by atoms with Crippen LogP contribution < -0.4 is 0 Å². The Morgan fingerprint density at radius 2 is 2.10 bits per heavy atom. The minimum Gasteiger partial charge on any atom is -0.477 e. The van der Waals surface area contributed by atoms with Crippen LogP contribution in [0.5, 0.6) is 0 Å². The summed E-state index contributed by atoms with van der Waals surface area (Å²) in [5, 5.41) is 10.2. The highest BCUT2D eigenvalue weighted by atomic mass is 32.1. The van der Waals surface area contributed by atoms with E-state index in [9.17, 15) is 9.90 Å². The molecular weight excluding hydrogens is 288 g/mol. The summed E-state index contributed by atoms with van der Waals surface area (Å²) >= 11 is 1.32. The quantitative estimate of drug-likeness (QED) is 0.875. The highest BCUT2D eigenvalue weighted by Gasteiger charge is 2.24. The maximum Gasteiger partial charge on any atom is 0.347 e. The molecule has 2 rings (SSSR count). The summed E-state index contributed by atoms with van der Waals surface area (Å²) in [5.41, 5.74) is 0.749. The molecule has 0 radical (unpaired) electrons. The number of aromatic carboxylic acids is 1. The van der Waals surface area contributed by atoms with Gasteiger partial charge in [-0.2, -0.15) is 0 Å². The van der Waals surface area contributed by atoms with Gasteiger partial charge in [0.15, 0.2) is 0 Å². The second kappa shape index (κ2) is 7.33. The van der Waals surface area contributed by atoms with Crippen molar-refractivity contribution in [1.82, 2.24) is 9.88 Å². The molecule has 0 amide bonds. The predicted octanol–water partition coefficient (Wildman–Crippen LogP) is 2.79. The van der Waals surface area contributed by atoms with Crippen molar-refractivity contribution in [3.63, 3.8) is 0 Å². The Morgan fingerprint density at radius 3 is 2.67 bits per heavy atom. The van der Waals surface area contributed by atoms with Gasteiger partial charge >= 0.3 is 5.97 Å². The summed E-state index contributed by atoms with van der Waals surface area (Å²) < 4.78 is 5.72. The van der Waals surface area contributed by atoms with Crippen LogP contribution in [0.4, 0.5) is 0 Å². The Bertz CT molecular complexity index is 479. The van der Waals surface area contributed by atoms with Crippen LogP contribution in [0.25, 0.3) is 0 Å². The van der Waals surface area contributed by atoms with E-state index in [1.54, 1.807) is 0 Å². The minimum absolute atomic E-state index is 0.215. The maximum atomic E-state index is 11.3. The van der Waals surface area contributed by atoms with Crippen LogP contribution in [0.3, 0.4) is 0 Å². The SMILES string of the molecule is CCCCc1nc(CN2CC(C)OC(C)C2)sc1C(=O)O. The van der Waals surface area contributed by atoms with Gasteiger partial charge in [0.25, 0.3) is 0 Å². The van der Waals surface area contributed by atoms with Crippen LogP contribution in [0.1, 0.15) is 54.0 Å². The average molecular weight is 312 g/mol. The Kier molecular flexibility index (Phi) is 5.72. The highest BCUT2D eigenvalue weighted by molar-refractivity contribution is 7.13. The van der Waals surface area contributed by atoms with E-state index in [1.165, 1.54) is 11.3 Å². The van der Waals surface area contributed by atoms with Gasteiger partial charge in [-0.05, 0) is 26.7 Å². The molecule has 0 aromatic carbocycles. The number of aryl methyl sites for hydroxylation is 1. The summed E-state index contributed by atoms with van der Waals surface area (Å²) in [6.07, 6.45) is 3.21. The molecule has 0 spiro atoms. The molecule has 1 N–H and O–H groups in total. The number of morpholine rings is 1. The fourth-order valence-electron chi connectivity index (χ4n) is 2.75. The Balaban J connectivity index is 2.07. The van der Waals surface area contributed by atoms with E-state index >= 15 is 0 Å². The van der Waals surface area contributed by atoms with Gasteiger partial charge in [-0.15, -0.1) is 11.3 Å². The molecule has 0 aliphatic carbocycles. The average Bonchev–Trinajstić information content (AvgIpc) is 2.78. The Hall–Kier alpha value is -0.980. The second-order valence-electron chi connectivity index (χ2n) is 5.74. The van der Waals surface area contributed by atoms with E-state index in [1.807, 2.05) is 0 Å². The van der Waals surface area contributed by atoms with Gasteiger partial charge in [-0.1, -0.05) is 13.3 Å². The van der Waals surface area contributed by atoms with E-state index in [0.717, 1.165) is 49.6 Å². The van der Waals surface area contributed by atoms with Gasteiger partial charge in [-0.3, -0.25) is 4.90 Å². The number of ether oxygens (including phenoxy) is 1. The third-order valence-electron chi connectivity index (χ3n) is 3.56. The topological polar surface area (TPSA) is 62.7 Å². The molecule has 1 saturated heterocycles. The van der Waals surface area contributed by atoms with Gasteiger partial charge < -0.3 is 9.84 Å². The first-order valence-electron chi connectivity index (χ1n) is 7.59. The lowest BCUT2D eigenvalue weighted by atomic mass is 10.2. The monoisotopic (exact) mass is 312 g/mol. The third-order valence-corrected chi connectivity index (χ3v) is 4.63. The number of nitrogens with zero attached hydrogens (tertiary/aromatic N) is 2. The van der Waals surface area contributed by atoms with Gasteiger partial charge in [0.05, 0.1) is 24.4 Å². The number of unbranched alkanes of at least 4 members (excludes halogenated alkanes) is 1. The van der Waals surface area contributed by atoms with Gasteiger partial charge in [0.2, 0.25) is 0 Å². The van der Waals surface area contributed by atoms with Crippen molar-refractivity contribution in [2.45, 2.75) is 58.8 Å². The highest BCUT2D eigenvalue weighted by Crippen LogP contribution is 2.23. The summed E-state index contributed by atoms with van der Waals surface area (Å²) in [7, 11) is 0. The number of carbonyl (C=O) groups is 1. The lowest BCUT2D eigenvalue weighted by molar-refractivity contribution is -0.0705. The van der Waals surface area contributed by atoms with Crippen molar-refractivity contribution in [2.24, 2.45) is 0 Å². The number of carboxylic acids is 1. The zero-order valence-corrected chi connectivity index (χ0v) is 13.8. The Labute approximate surface area is 129 Å². The molecule has 118 valence electrons. The first-order valence-corrected chi connectivity index (χ1v) is 8.41. The van der Waals surface area contributed by atoms with E-state index in [-0.39, 0.29) is 12.2 Å². The molecule has 2 unspecified atom stereocenters. The van der Waals surface area contributed by atoms with Gasteiger partial charge in [0, 0.05) is 13.1 Å². The van der Waals surface area contributed by atoms with Crippen LogP contribution in [-0.2, 0) is 17.7 Å². The molecule has 1 aliphatic rings. The predicted molar refractivity (Wildman–Crippen MR) is 83.0 cm³/mol. The summed E-state index contributed by atoms with van der Waals surface area (Å²) in [5.74, 6) is -0.853. The zero-order chi connectivity index (χ0) is 15.4. The second-order valence-corrected chi connectivity index (χ2v) is 6.83. The molecule has 6 heteroatoms. The zero-order valence-electron chi connectivity index (χ0n) is 13.0. The summed E-state index contributed by atoms with van der Waals surface area (Å²) in [6.45, 7) is 8.70. The molecular formula is C15H24N2O3S. The largest absolute Gasteiger partial charge is 0.477 e. The molecule has 2 heterocycles. The van der Waals surface area contributed by atoms with E-state index in [2.05, 4.69) is 30.7 Å². The summed E-state index contributed by atoms with van der Waals surface area (Å²) in [4.78, 5) is 18.6. The number of hydrogen-bond acceptors (Lipinski definition) is 5. The van der Waals surface area contributed by atoms with E-state index < -0.39 is 5.97 Å². The van der Waals surface area contributed by atoms with Crippen molar-refractivity contribution >= 4 is 17.3 Å². The lowest BCUT2D eigenvalue weighted by Gasteiger charge is -2.34. The molecule has 1 aromatic rings. The molecule has 5 nitrogen and oxygen atoms in total. The Morgan fingerprint density at radius 1 is 1.43 bits per heavy atom. The fourth-order valence-corrected chi connectivity index (χ4v) is 3.75. The van der Waals surface area contributed by atoms with Crippen LogP contribution in [0, 0.1) is 0 Å². The molecule has 21 heavy (non-hydrogen) atoms. The summed E-state index contributed by atoms with van der Waals surface area (Å²) in [6, 6.07) is 0. The molecule has 1 aromatic heterocycles. The normalized spacial score (nSPS) is 23.4. The minimum atomic E-state index is -0.853.